The van der Waals surface area contributed by atoms with Crippen LogP contribution in [0.1, 0.15) is 13.8 Å². The lowest BCUT2D eigenvalue weighted by Gasteiger charge is -2.09. The van der Waals surface area contributed by atoms with E-state index in [2.05, 4.69) is 15.8 Å². The van der Waals surface area contributed by atoms with E-state index < -0.39 is 5.97 Å². The van der Waals surface area contributed by atoms with Crippen LogP contribution < -0.4 is 15.5 Å². The number of hydrogen-bond donors (Lipinski definition) is 2. The number of carbonyl (C=O) groups is 2. The molecule has 0 aromatic heterocycles. The molecule has 0 bridgehead atoms. The maximum atomic E-state index is 11.4. The SMILES string of the molecule is CCOC(=O)/C(C)=N\Nc1ccc(OC)c(NC=O)c1. The highest BCUT2D eigenvalue weighted by atomic mass is 16.5. The molecule has 1 amide bonds. The fourth-order valence-corrected chi connectivity index (χ4v) is 1.38. The fraction of sp³-hybridized carbons (Fsp3) is 0.308. The predicted octanol–water partition coefficient (Wildman–Crippen LogP) is 1.61. The van der Waals surface area contributed by atoms with Crippen molar-refractivity contribution in [3.63, 3.8) is 0 Å². The summed E-state index contributed by atoms with van der Waals surface area (Å²) in [5.74, 6) is 0.0356. The molecule has 0 spiro atoms. The van der Waals surface area contributed by atoms with Gasteiger partial charge in [-0.05, 0) is 32.0 Å². The smallest absolute Gasteiger partial charge is 0.354 e. The van der Waals surface area contributed by atoms with E-state index in [1.54, 1.807) is 32.0 Å². The number of methoxy groups -OCH3 is 1. The third kappa shape index (κ3) is 4.27. The van der Waals surface area contributed by atoms with E-state index in [1.165, 1.54) is 7.11 Å². The Morgan fingerprint density at radius 2 is 2.20 bits per heavy atom. The van der Waals surface area contributed by atoms with Gasteiger partial charge in [0, 0.05) is 0 Å². The summed E-state index contributed by atoms with van der Waals surface area (Å²) in [5.41, 5.74) is 4.00. The monoisotopic (exact) mass is 279 g/mol. The van der Waals surface area contributed by atoms with Gasteiger partial charge < -0.3 is 14.8 Å². The molecule has 0 heterocycles. The Hall–Kier alpha value is -2.57. The normalized spacial score (nSPS) is 10.7. The molecule has 0 fully saturated rings. The summed E-state index contributed by atoms with van der Waals surface area (Å²) in [6, 6.07) is 5.01. The zero-order chi connectivity index (χ0) is 15.0. The molecular weight excluding hydrogens is 262 g/mol. The fourth-order valence-electron chi connectivity index (χ4n) is 1.38. The Kier molecular flexibility index (Phi) is 6.02. The Labute approximate surface area is 117 Å². The molecule has 108 valence electrons. The highest BCUT2D eigenvalue weighted by Gasteiger charge is 2.07. The number of benzene rings is 1. The quantitative estimate of drug-likeness (QED) is 0.342. The van der Waals surface area contributed by atoms with Crippen LogP contribution in [0.15, 0.2) is 23.3 Å². The molecule has 20 heavy (non-hydrogen) atoms. The number of anilines is 2. The largest absolute Gasteiger partial charge is 0.495 e. The van der Waals surface area contributed by atoms with Gasteiger partial charge in [0.25, 0.3) is 0 Å². The average Bonchev–Trinajstić information content (AvgIpc) is 2.45. The van der Waals surface area contributed by atoms with Crippen LogP contribution in [0, 0.1) is 0 Å². The summed E-state index contributed by atoms with van der Waals surface area (Å²) in [7, 11) is 1.50. The number of hydrogen-bond acceptors (Lipinski definition) is 6. The van der Waals surface area contributed by atoms with Crippen molar-refractivity contribution >= 4 is 29.5 Å². The molecular formula is C13H17N3O4. The summed E-state index contributed by atoms with van der Waals surface area (Å²) in [6.45, 7) is 3.56. The Balaban J connectivity index is 2.82. The van der Waals surface area contributed by atoms with Crippen molar-refractivity contribution in [1.29, 1.82) is 0 Å². The third-order valence-corrected chi connectivity index (χ3v) is 2.34. The van der Waals surface area contributed by atoms with E-state index in [0.717, 1.165) is 0 Å². The number of nitrogens with zero attached hydrogens (tertiary/aromatic N) is 1. The molecule has 1 aromatic carbocycles. The summed E-state index contributed by atoms with van der Waals surface area (Å²) in [4.78, 5) is 21.9. The maximum absolute atomic E-state index is 11.4. The summed E-state index contributed by atoms with van der Waals surface area (Å²) in [6.07, 6.45) is 0.550. The second-order valence-electron chi connectivity index (χ2n) is 3.71. The van der Waals surface area contributed by atoms with Gasteiger partial charge in [-0.15, -0.1) is 0 Å². The molecule has 0 saturated carbocycles. The first-order chi connectivity index (χ1) is 9.62. The van der Waals surface area contributed by atoms with Gasteiger partial charge in [-0.3, -0.25) is 10.2 Å². The van der Waals surface area contributed by atoms with Crippen LogP contribution >= 0.6 is 0 Å². The van der Waals surface area contributed by atoms with Crippen molar-refractivity contribution in [2.45, 2.75) is 13.8 Å². The molecule has 0 aliphatic carbocycles. The van der Waals surface area contributed by atoms with E-state index in [0.29, 0.717) is 30.1 Å². The zero-order valence-electron chi connectivity index (χ0n) is 11.6. The van der Waals surface area contributed by atoms with E-state index in [9.17, 15) is 9.59 Å². The highest BCUT2D eigenvalue weighted by Crippen LogP contribution is 2.27. The van der Waals surface area contributed by atoms with Crippen molar-refractivity contribution in [3.05, 3.63) is 18.2 Å². The van der Waals surface area contributed by atoms with Gasteiger partial charge in [0.05, 0.1) is 25.1 Å². The number of ether oxygens (including phenoxy) is 2. The molecule has 1 aromatic rings. The minimum atomic E-state index is -0.486. The minimum Gasteiger partial charge on any atom is -0.495 e. The molecule has 0 aliphatic rings. The number of nitrogens with one attached hydrogen (secondary N) is 2. The molecule has 0 unspecified atom stereocenters. The number of carbonyl (C=O) groups excluding carboxylic acids is 2. The molecule has 0 atom stereocenters. The highest BCUT2D eigenvalue weighted by molar-refractivity contribution is 6.35. The van der Waals surface area contributed by atoms with E-state index in [1.807, 2.05) is 0 Å². The number of rotatable bonds is 7. The third-order valence-electron chi connectivity index (χ3n) is 2.34. The first-order valence-electron chi connectivity index (χ1n) is 5.98. The maximum Gasteiger partial charge on any atom is 0.354 e. The molecule has 2 N–H and O–H groups in total. The van der Waals surface area contributed by atoms with Crippen LogP contribution in [0.3, 0.4) is 0 Å². The Morgan fingerprint density at radius 1 is 1.45 bits per heavy atom. The van der Waals surface area contributed by atoms with Crippen LogP contribution in [-0.4, -0.2) is 31.8 Å². The topological polar surface area (TPSA) is 89.0 Å². The summed E-state index contributed by atoms with van der Waals surface area (Å²) < 4.78 is 9.89. The first-order valence-corrected chi connectivity index (χ1v) is 5.98. The van der Waals surface area contributed by atoms with E-state index in [4.69, 9.17) is 9.47 Å². The summed E-state index contributed by atoms with van der Waals surface area (Å²) in [5, 5.41) is 6.42. The molecule has 7 nitrogen and oxygen atoms in total. The van der Waals surface area contributed by atoms with Gasteiger partial charge in [0.2, 0.25) is 6.41 Å². The number of amides is 1. The molecule has 0 saturated heterocycles. The molecule has 0 aliphatic heterocycles. The van der Waals surface area contributed by atoms with Crippen molar-refractivity contribution in [2.75, 3.05) is 24.5 Å². The Bertz CT molecular complexity index is 514. The van der Waals surface area contributed by atoms with Crippen LogP contribution in [0.4, 0.5) is 11.4 Å². The zero-order valence-corrected chi connectivity index (χ0v) is 11.6. The van der Waals surface area contributed by atoms with Gasteiger partial charge >= 0.3 is 5.97 Å². The van der Waals surface area contributed by atoms with Crippen LogP contribution in [0.25, 0.3) is 0 Å². The molecule has 1 rings (SSSR count). The predicted molar refractivity (Wildman–Crippen MR) is 76.0 cm³/mol. The van der Waals surface area contributed by atoms with Crippen molar-refractivity contribution < 1.29 is 19.1 Å². The second-order valence-corrected chi connectivity index (χ2v) is 3.71. The van der Waals surface area contributed by atoms with Gasteiger partial charge in [-0.2, -0.15) is 5.10 Å². The first kappa shape index (κ1) is 15.5. The lowest BCUT2D eigenvalue weighted by atomic mass is 10.2. The second kappa shape index (κ2) is 7.78. The van der Waals surface area contributed by atoms with Gasteiger partial charge in [-0.1, -0.05) is 0 Å². The minimum absolute atomic E-state index is 0.201. The van der Waals surface area contributed by atoms with Crippen molar-refractivity contribution in [2.24, 2.45) is 5.10 Å². The molecule has 0 radical (unpaired) electrons. The molecule has 7 heteroatoms. The van der Waals surface area contributed by atoms with Gasteiger partial charge in [-0.25, -0.2) is 4.79 Å². The van der Waals surface area contributed by atoms with Gasteiger partial charge in [0.1, 0.15) is 11.5 Å². The Morgan fingerprint density at radius 3 is 2.80 bits per heavy atom. The van der Waals surface area contributed by atoms with E-state index in [-0.39, 0.29) is 5.71 Å². The van der Waals surface area contributed by atoms with E-state index >= 15 is 0 Å². The lowest BCUT2D eigenvalue weighted by molar-refractivity contribution is -0.135. The van der Waals surface area contributed by atoms with Crippen LogP contribution in [-0.2, 0) is 14.3 Å². The average molecular weight is 279 g/mol. The van der Waals surface area contributed by atoms with Gasteiger partial charge in [0.15, 0.2) is 0 Å². The standard InChI is InChI=1S/C13H17N3O4/c1-4-20-13(18)9(2)15-16-10-5-6-12(19-3)11(7-10)14-8-17/h5-8,16H,4H2,1-3H3,(H,14,17)/b15-9-. The number of hydrazone groups is 1. The van der Waals surface area contributed by atoms with Crippen LogP contribution in [0.5, 0.6) is 5.75 Å². The summed E-state index contributed by atoms with van der Waals surface area (Å²) >= 11 is 0. The van der Waals surface area contributed by atoms with Crippen molar-refractivity contribution in [3.8, 4) is 5.75 Å². The number of esters is 1. The van der Waals surface area contributed by atoms with Crippen LogP contribution in [0.2, 0.25) is 0 Å². The van der Waals surface area contributed by atoms with Crippen molar-refractivity contribution in [1.82, 2.24) is 0 Å². The lowest BCUT2D eigenvalue weighted by Crippen LogP contribution is -2.15.